The average Bonchev–Trinajstić information content (AvgIpc) is 2.47. The number of rotatable bonds is 1. The van der Waals surface area contributed by atoms with Gasteiger partial charge in [0.25, 0.3) is 0 Å². The van der Waals surface area contributed by atoms with E-state index < -0.39 is 18.1 Å². The van der Waals surface area contributed by atoms with Gasteiger partial charge in [0, 0.05) is 0 Å². The van der Waals surface area contributed by atoms with Crippen LogP contribution in [0.15, 0.2) is 23.8 Å². The minimum absolute atomic E-state index is 0.494. The van der Waals surface area contributed by atoms with E-state index in [2.05, 4.69) is 10.1 Å². The summed E-state index contributed by atoms with van der Waals surface area (Å²) in [6.07, 6.45) is 6.82. The number of alkyl carbamates (subject to hydrolysis) is 1. The van der Waals surface area contributed by atoms with Gasteiger partial charge in [0.05, 0.1) is 0 Å². The first kappa shape index (κ1) is 8.04. The lowest BCUT2D eigenvalue weighted by atomic mass is 9.99. The molecule has 0 spiro atoms. The van der Waals surface area contributed by atoms with Crippen LogP contribution in [-0.4, -0.2) is 18.1 Å². The SMILES string of the molecule is O=C1N[C@H](C2=CCC=CC2)C(=O)O1. The summed E-state index contributed by atoms with van der Waals surface area (Å²) in [6, 6.07) is -0.558. The predicted octanol–water partition coefficient (Wildman–Crippen LogP) is 0.898. The maximum absolute atomic E-state index is 11.1. The fourth-order valence-corrected chi connectivity index (χ4v) is 1.45. The van der Waals surface area contributed by atoms with Crippen molar-refractivity contribution < 1.29 is 14.3 Å². The van der Waals surface area contributed by atoms with Crippen LogP contribution in [-0.2, 0) is 9.53 Å². The zero-order valence-electron chi connectivity index (χ0n) is 6.95. The lowest BCUT2D eigenvalue weighted by Crippen LogP contribution is -2.30. The number of carbonyl (C=O) groups excluding carboxylic acids is 2. The van der Waals surface area contributed by atoms with E-state index in [1.54, 1.807) is 0 Å². The van der Waals surface area contributed by atoms with E-state index in [1.165, 1.54) is 0 Å². The molecule has 1 aliphatic carbocycles. The lowest BCUT2D eigenvalue weighted by molar-refractivity contribution is -0.134. The van der Waals surface area contributed by atoms with E-state index in [4.69, 9.17) is 0 Å². The molecule has 0 unspecified atom stereocenters. The van der Waals surface area contributed by atoms with Gasteiger partial charge in [-0.15, -0.1) is 0 Å². The third kappa shape index (κ3) is 1.47. The second-order valence-electron chi connectivity index (χ2n) is 2.98. The molecule has 2 aliphatic rings. The van der Waals surface area contributed by atoms with Crippen LogP contribution in [0, 0.1) is 0 Å². The van der Waals surface area contributed by atoms with Gasteiger partial charge < -0.3 is 10.1 Å². The van der Waals surface area contributed by atoms with Crippen molar-refractivity contribution in [3.63, 3.8) is 0 Å². The third-order valence-electron chi connectivity index (χ3n) is 2.10. The summed E-state index contributed by atoms with van der Waals surface area (Å²) in [5.74, 6) is -0.494. The summed E-state index contributed by atoms with van der Waals surface area (Å²) < 4.78 is 4.37. The molecule has 0 aromatic carbocycles. The first-order valence-electron chi connectivity index (χ1n) is 4.13. The van der Waals surface area contributed by atoms with E-state index >= 15 is 0 Å². The van der Waals surface area contributed by atoms with Gasteiger partial charge in [-0.25, -0.2) is 9.59 Å². The van der Waals surface area contributed by atoms with Crippen LogP contribution < -0.4 is 5.32 Å². The molecule has 2 rings (SSSR count). The van der Waals surface area contributed by atoms with Crippen molar-refractivity contribution in [1.82, 2.24) is 5.32 Å². The van der Waals surface area contributed by atoms with Crippen LogP contribution in [0.25, 0.3) is 0 Å². The molecule has 1 amide bonds. The Labute approximate surface area is 75.3 Å². The lowest BCUT2D eigenvalue weighted by Gasteiger charge is -2.11. The zero-order chi connectivity index (χ0) is 9.26. The number of ether oxygens (including phenoxy) is 1. The Kier molecular flexibility index (Phi) is 1.88. The van der Waals surface area contributed by atoms with Crippen LogP contribution in [0.5, 0.6) is 0 Å². The molecule has 1 N–H and O–H groups in total. The highest BCUT2D eigenvalue weighted by molar-refractivity contribution is 5.97. The summed E-state index contributed by atoms with van der Waals surface area (Å²) in [7, 11) is 0. The zero-order valence-corrected chi connectivity index (χ0v) is 6.95. The van der Waals surface area contributed by atoms with Crippen LogP contribution in [0.4, 0.5) is 4.79 Å². The van der Waals surface area contributed by atoms with Crippen molar-refractivity contribution in [2.24, 2.45) is 0 Å². The second-order valence-corrected chi connectivity index (χ2v) is 2.98. The maximum Gasteiger partial charge on any atom is 0.415 e. The van der Waals surface area contributed by atoms with E-state index in [9.17, 15) is 9.59 Å². The maximum atomic E-state index is 11.1. The molecule has 13 heavy (non-hydrogen) atoms. The van der Waals surface area contributed by atoms with Crippen molar-refractivity contribution >= 4 is 12.1 Å². The normalized spacial score (nSPS) is 26.8. The Morgan fingerprint density at radius 3 is 2.77 bits per heavy atom. The van der Waals surface area contributed by atoms with Gasteiger partial charge in [-0.3, -0.25) is 0 Å². The van der Waals surface area contributed by atoms with Crippen LogP contribution in [0.1, 0.15) is 12.8 Å². The van der Waals surface area contributed by atoms with Gasteiger partial charge in [-0.2, -0.15) is 0 Å². The Bertz CT molecular complexity index is 317. The minimum Gasteiger partial charge on any atom is -0.374 e. The molecule has 0 aromatic heterocycles. The summed E-state index contributed by atoms with van der Waals surface area (Å²) in [5.41, 5.74) is 0.915. The number of amides is 1. The Morgan fingerprint density at radius 2 is 2.23 bits per heavy atom. The highest BCUT2D eigenvalue weighted by atomic mass is 16.6. The van der Waals surface area contributed by atoms with Gasteiger partial charge in [-0.1, -0.05) is 18.2 Å². The van der Waals surface area contributed by atoms with Crippen molar-refractivity contribution in [1.29, 1.82) is 0 Å². The Hall–Kier alpha value is -1.58. The molecule has 1 heterocycles. The molecule has 1 saturated heterocycles. The van der Waals surface area contributed by atoms with Crippen molar-refractivity contribution in [2.45, 2.75) is 18.9 Å². The van der Waals surface area contributed by atoms with Gasteiger partial charge in [0.1, 0.15) is 0 Å². The molecular formula is C9H9NO3. The van der Waals surface area contributed by atoms with E-state index in [0.717, 1.165) is 12.0 Å². The fraction of sp³-hybridized carbons (Fsp3) is 0.333. The highest BCUT2D eigenvalue weighted by Gasteiger charge is 2.34. The van der Waals surface area contributed by atoms with Crippen molar-refractivity contribution in [3.05, 3.63) is 23.8 Å². The predicted molar refractivity (Wildman–Crippen MR) is 44.9 cm³/mol. The molecule has 1 atom stereocenters. The molecule has 1 aliphatic heterocycles. The second kappa shape index (κ2) is 3.05. The molecule has 0 saturated carbocycles. The third-order valence-corrected chi connectivity index (χ3v) is 2.10. The van der Waals surface area contributed by atoms with Crippen molar-refractivity contribution in [3.8, 4) is 0 Å². The highest BCUT2D eigenvalue weighted by Crippen LogP contribution is 2.18. The average molecular weight is 179 g/mol. The molecule has 1 fully saturated rings. The van der Waals surface area contributed by atoms with Gasteiger partial charge in [0.2, 0.25) is 0 Å². The monoisotopic (exact) mass is 179 g/mol. The van der Waals surface area contributed by atoms with Crippen LogP contribution in [0.2, 0.25) is 0 Å². The molecule has 0 bridgehead atoms. The molecule has 0 radical (unpaired) electrons. The number of esters is 1. The molecule has 4 heteroatoms. The standard InChI is InChI=1S/C9H9NO3/c11-8-7(10-9(12)13-8)6-4-2-1-3-5-6/h1-2,5,7H,3-4H2,(H,10,12)/t7-/m1/s1. The summed E-state index contributed by atoms with van der Waals surface area (Å²) in [4.78, 5) is 21.8. The molecule has 68 valence electrons. The summed E-state index contributed by atoms with van der Waals surface area (Å²) in [5, 5.41) is 2.46. The Morgan fingerprint density at radius 1 is 1.38 bits per heavy atom. The van der Waals surface area contributed by atoms with Gasteiger partial charge in [-0.05, 0) is 18.4 Å². The number of hydrogen-bond donors (Lipinski definition) is 1. The van der Waals surface area contributed by atoms with Crippen LogP contribution >= 0.6 is 0 Å². The molecule has 0 aromatic rings. The minimum atomic E-state index is -0.648. The molecular weight excluding hydrogens is 170 g/mol. The van der Waals surface area contributed by atoms with Crippen molar-refractivity contribution in [2.75, 3.05) is 0 Å². The Balaban J connectivity index is 2.12. The smallest absolute Gasteiger partial charge is 0.374 e. The number of hydrogen-bond acceptors (Lipinski definition) is 3. The summed E-state index contributed by atoms with van der Waals surface area (Å²) in [6.45, 7) is 0. The summed E-state index contributed by atoms with van der Waals surface area (Å²) >= 11 is 0. The number of cyclic esters (lactones) is 2. The van der Waals surface area contributed by atoms with Gasteiger partial charge in [0.15, 0.2) is 6.04 Å². The van der Waals surface area contributed by atoms with Crippen LogP contribution in [0.3, 0.4) is 0 Å². The topological polar surface area (TPSA) is 55.4 Å². The van der Waals surface area contributed by atoms with E-state index in [-0.39, 0.29) is 0 Å². The fourth-order valence-electron chi connectivity index (χ4n) is 1.45. The first-order valence-corrected chi connectivity index (χ1v) is 4.13. The largest absolute Gasteiger partial charge is 0.415 e. The number of allylic oxidation sites excluding steroid dienone is 3. The van der Waals surface area contributed by atoms with Gasteiger partial charge >= 0.3 is 12.1 Å². The first-order chi connectivity index (χ1) is 6.27. The molecule has 4 nitrogen and oxygen atoms in total. The van der Waals surface area contributed by atoms with E-state index in [1.807, 2.05) is 18.2 Å². The number of nitrogens with one attached hydrogen (secondary N) is 1. The quantitative estimate of drug-likeness (QED) is 0.369. The number of carbonyl (C=O) groups is 2. The van der Waals surface area contributed by atoms with E-state index in [0.29, 0.717) is 6.42 Å².